The SMILES string of the molecule is C=C(C)CCc1c(O)cc(C=CCCc2ccccc2)cc1OC. The Labute approximate surface area is 145 Å². The number of ether oxygens (including phenoxy) is 1. The molecule has 0 unspecified atom stereocenters. The van der Waals surface area contributed by atoms with Crippen molar-refractivity contribution in [1.82, 2.24) is 0 Å². The summed E-state index contributed by atoms with van der Waals surface area (Å²) in [6.07, 6.45) is 7.72. The number of allylic oxidation sites excluding steroid dienone is 2. The van der Waals surface area contributed by atoms with E-state index in [1.54, 1.807) is 13.2 Å². The van der Waals surface area contributed by atoms with E-state index in [4.69, 9.17) is 4.74 Å². The molecule has 0 spiro atoms. The van der Waals surface area contributed by atoms with Gasteiger partial charge < -0.3 is 9.84 Å². The maximum Gasteiger partial charge on any atom is 0.126 e. The van der Waals surface area contributed by atoms with Crippen molar-refractivity contribution in [2.45, 2.75) is 32.6 Å². The molecule has 0 saturated heterocycles. The van der Waals surface area contributed by atoms with Gasteiger partial charge in [-0.25, -0.2) is 0 Å². The lowest BCUT2D eigenvalue weighted by atomic mass is 10.0. The third-order valence-corrected chi connectivity index (χ3v) is 3.98. The van der Waals surface area contributed by atoms with Gasteiger partial charge in [-0.1, -0.05) is 48.1 Å². The van der Waals surface area contributed by atoms with Crippen LogP contribution in [0.15, 0.2) is 60.7 Å². The second-order valence-corrected chi connectivity index (χ2v) is 6.10. The molecule has 0 bridgehead atoms. The number of hydrogen-bond donors (Lipinski definition) is 1. The van der Waals surface area contributed by atoms with Crippen molar-refractivity contribution in [1.29, 1.82) is 0 Å². The van der Waals surface area contributed by atoms with Gasteiger partial charge in [-0.3, -0.25) is 0 Å². The number of hydrogen-bond acceptors (Lipinski definition) is 2. The van der Waals surface area contributed by atoms with Crippen molar-refractivity contribution in [2.24, 2.45) is 0 Å². The van der Waals surface area contributed by atoms with Crippen LogP contribution < -0.4 is 4.74 Å². The van der Waals surface area contributed by atoms with E-state index in [0.717, 1.165) is 48.1 Å². The standard InChI is InChI=1S/C22H26O2/c1-17(2)13-14-20-21(23)15-19(16-22(20)24-3)12-8-7-11-18-9-5-4-6-10-18/h4-6,8-10,12,15-16,23H,1,7,11,13-14H2,2-3H3. The van der Waals surface area contributed by atoms with Gasteiger partial charge in [0.2, 0.25) is 0 Å². The monoisotopic (exact) mass is 322 g/mol. The van der Waals surface area contributed by atoms with Gasteiger partial charge in [0, 0.05) is 5.56 Å². The Balaban J connectivity index is 2.03. The first kappa shape index (κ1) is 17.9. The van der Waals surface area contributed by atoms with Gasteiger partial charge in [0.1, 0.15) is 11.5 Å². The number of phenolic OH excluding ortho intramolecular Hbond substituents is 1. The molecule has 0 heterocycles. The Kier molecular flexibility index (Phi) is 6.68. The first-order chi connectivity index (χ1) is 11.6. The van der Waals surface area contributed by atoms with Crippen molar-refractivity contribution in [3.63, 3.8) is 0 Å². The zero-order valence-corrected chi connectivity index (χ0v) is 14.6. The Hall–Kier alpha value is -2.48. The van der Waals surface area contributed by atoms with E-state index in [1.165, 1.54) is 5.56 Å². The molecule has 0 fully saturated rings. The number of aryl methyl sites for hydroxylation is 1. The largest absolute Gasteiger partial charge is 0.508 e. The maximum atomic E-state index is 10.3. The lowest BCUT2D eigenvalue weighted by Crippen LogP contribution is -1.95. The van der Waals surface area contributed by atoms with Gasteiger partial charge in [0.25, 0.3) is 0 Å². The van der Waals surface area contributed by atoms with Crippen LogP contribution in [0.4, 0.5) is 0 Å². The summed E-state index contributed by atoms with van der Waals surface area (Å²) in [5.41, 5.74) is 4.23. The van der Waals surface area contributed by atoms with E-state index in [0.29, 0.717) is 5.75 Å². The Morgan fingerprint density at radius 1 is 1.17 bits per heavy atom. The van der Waals surface area contributed by atoms with Crippen LogP contribution in [0.3, 0.4) is 0 Å². The molecule has 24 heavy (non-hydrogen) atoms. The molecule has 0 aliphatic rings. The molecule has 126 valence electrons. The normalized spacial score (nSPS) is 10.9. The first-order valence-electron chi connectivity index (χ1n) is 8.35. The van der Waals surface area contributed by atoms with Crippen LogP contribution in [0.25, 0.3) is 6.08 Å². The highest BCUT2D eigenvalue weighted by Gasteiger charge is 2.10. The molecule has 2 heteroatoms. The average Bonchev–Trinajstić information content (AvgIpc) is 2.58. The van der Waals surface area contributed by atoms with Crippen LogP contribution >= 0.6 is 0 Å². The lowest BCUT2D eigenvalue weighted by Gasteiger charge is -2.12. The number of benzene rings is 2. The molecular formula is C22H26O2. The summed E-state index contributed by atoms with van der Waals surface area (Å²) in [4.78, 5) is 0. The van der Waals surface area contributed by atoms with Crippen LogP contribution in [0.2, 0.25) is 0 Å². The predicted molar refractivity (Wildman–Crippen MR) is 102 cm³/mol. The van der Waals surface area contributed by atoms with Gasteiger partial charge in [-0.05, 0) is 55.9 Å². The zero-order valence-electron chi connectivity index (χ0n) is 14.6. The maximum absolute atomic E-state index is 10.3. The minimum absolute atomic E-state index is 0.290. The van der Waals surface area contributed by atoms with Gasteiger partial charge in [-0.15, -0.1) is 6.58 Å². The lowest BCUT2D eigenvalue weighted by molar-refractivity contribution is 0.399. The van der Waals surface area contributed by atoms with E-state index in [9.17, 15) is 5.11 Å². The third kappa shape index (κ3) is 5.31. The zero-order chi connectivity index (χ0) is 17.4. The van der Waals surface area contributed by atoms with Crippen molar-refractivity contribution in [2.75, 3.05) is 7.11 Å². The second kappa shape index (κ2) is 8.97. The summed E-state index contributed by atoms with van der Waals surface area (Å²) >= 11 is 0. The topological polar surface area (TPSA) is 29.5 Å². The van der Waals surface area contributed by atoms with Crippen LogP contribution in [-0.2, 0) is 12.8 Å². The average molecular weight is 322 g/mol. The van der Waals surface area contributed by atoms with E-state index in [2.05, 4.69) is 36.9 Å². The van der Waals surface area contributed by atoms with Gasteiger partial charge in [0.15, 0.2) is 0 Å². The molecule has 0 radical (unpaired) electrons. The molecule has 0 saturated carbocycles. The summed E-state index contributed by atoms with van der Waals surface area (Å²) in [6.45, 7) is 5.91. The molecule has 0 amide bonds. The van der Waals surface area contributed by atoms with Gasteiger partial charge >= 0.3 is 0 Å². The molecule has 2 aromatic rings. The highest BCUT2D eigenvalue weighted by atomic mass is 16.5. The number of phenols is 1. The molecule has 0 aromatic heterocycles. The smallest absolute Gasteiger partial charge is 0.126 e. The molecule has 2 rings (SSSR count). The number of aromatic hydroxyl groups is 1. The first-order valence-corrected chi connectivity index (χ1v) is 8.35. The van der Waals surface area contributed by atoms with E-state index >= 15 is 0 Å². The van der Waals surface area contributed by atoms with Crippen LogP contribution in [-0.4, -0.2) is 12.2 Å². The van der Waals surface area contributed by atoms with Crippen molar-refractivity contribution >= 4 is 6.08 Å². The summed E-state index contributed by atoms with van der Waals surface area (Å²) in [6, 6.07) is 14.2. The summed E-state index contributed by atoms with van der Waals surface area (Å²) in [5.74, 6) is 1.03. The number of methoxy groups -OCH3 is 1. The van der Waals surface area contributed by atoms with Crippen molar-refractivity contribution < 1.29 is 9.84 Å². The summed E-state index contributed by atoms with van der Waals surface area (Å²) < 4.78 is 5.45. The molecule has 2 aromatic carbocycles. The Morgan fingerprint density at radius 2 is 1.92 bits per heavy atom. The second-order valence-electron chi connectivity index (χ2n) is 6.10. The highest BCUT2D eigenvalue weighted by Crippen LogP contribution is 2.32. The molecular weight excluding hydrogens is 296 g/mol. The molecule has 1 N–H and O–H groups in total. The van der Waals surface area contributed by atoms with Gasteiger partial charge in [-0.2, -0.15) is 0 Å². The fourth-order valence-electron chi connectivity index (χ4n) is 2.63. The predicted octanol–water partition coefficient (Wildman–Crippen LogP) is 5.56. The minimum Gasteiger partial charge on any atom is -0.508 e. The molecule has 0 atom stereocenters. The summed E-state index contributed by atoms with van der Waals surface area (Å²) in [5, 5.41) is 10.3. The Bertz CT molecular complexity index is 699. The molecule has 0 aliphatic carbocycles. The molecule has 2 nitrogen and oxygen atoms in total. The van der Waals surface area contributed by atoms with E-state index in [-0.39, 0.29) is 0 Å². The van der Waals surface area contributed by atoms with Crippen LogP contribution in [0.1, 0.15) is 36.5 Å². The third-order valence-electron chi connectivity index (χ3n) is 3.98. The molecule has 0 aliphatic heterocycles. The number of rotatable bonds is 8. The highest BCUT2D eigenvalue weighted by molar-refractivity contribution is 5.58. The van der Waals surface area contributed by atoms with Crippen LogP contribution in [0, 0.1) is 0 Å². The van der Waals surface area contributed by atoms with E-state index in [1.807, 2.05) is 25.1 Å². The Morgan fingerprint density at radius 3 is 2.58 bits per heavy atom. The minimum atomic E-state index is 0.290. The van der Waals surface area contributed by atoms with Crippen molar-refractivity contribution in [3.8, 4) is 11.5 Å². The fourth-order valence-corrected chi connectivity index (χ4v) is 2.63. The summed E-state index contributed by atoms with van der Waals surface area (Å²) in [7, 11) is 1.64. The quantitative estimate of drug-likeness (QED) is 0.645. The fraction of sp³-hybridized carbons (Fsp3) is 0.273. The van der Waals surface area contributed by atoms with Gasteiger partial charge in [0.05, 0.1) is 7.11 Å². The van der Waals surface area contributed by atoms with Crippen LogP contribution in [0.5, 0.6) is 11.5 Å². The van der Waals surface area contributed by atoms with Crippen molar-refractivity contribution in [3.05, 3.63) is 77.4 Å². The van der Waals surface area contributed by atoms with E-state index < -0.39 is 0 Å².